The molecule has 0 aliphatic heterocycles. The van der Waals surface area contributed by atoms with Gasteiger partial charge >= 0.3 is 60.8 Å². The Morgan fingerprint density at radius 2 is 1.19 bits per heavy atom. The van der Waals surface area contributed by atoms with Crippen molar-refractivity contribution >= 4 is 60.8 Å². The standard InChI is InChI=1S/C16H22O4.Ba.2H/c1-3-5-11-19-15(17)13-7-9-14(10-8-13)16(18)20-12-6-4-2;;;/h7-10H,3-6,11-12H2,1-2H3;;;/q;+2;2*-1. The summed E-state index contributed by atoms with van der Waals surface area (Å²) in [5, 5.41) is 0. The van der Waals surface area contributed by atoms with E-state index in [2.05, 4.69) is 0 Å². The molecule has 0 spiro atoms. The minimum absolute atomic E-state index is 0. The van der Waals surface area contributed by atoms with E-state index in [-0.39, 0.29) is 63.7 Å². The molecule has 0 amide bonds. The van der Waals surface area contributed by atoms with Crippen LogP contribution in [-0.4, -0.2) is 74.0 Å². The number of carbonyl (C=O) groups excluding carboxylic acids is 2. The smallest absolute Gasteiger partial charge is 1.00 e. The molecule has 0 N–H and O–H groups in total. The van der Waals surface area contributed by atoms with Gasteiger partial charge in [0.2, 0.25) is 0 Å². The van der Waals surface area contributed by atoms with E-state index < -0.39 is 0 Å². The van der Waals surface area contributed by atoms with Gasteiger partial charge in [0.25, 0.3) is 0 Å². The van der Waals surface area contributed by atoms with Crippen LogP contribution in [-0.2, 0) is 9.47 Å². The van der Waals surface area contributed by atoms with Crippen molar-refractivity contribution in [2.75, 3.05) is 13.2 Å². The molecule has 4 nitrogen and oxygen atoms in total. The Morgan fingerprint density at radius 3 is 1.48 bits per heavy atom. The van der Waals surface area contributed by atoms with E-state index in [1.54, 1.807) is 24.3 Å². The molecule has 0 saturated heterocycles. The summed E-state index contributed by atoms with van der Waals surface area (Å²) in [7, 11) is 0. The second kappa shape index (κ2) is 12.3. The van der Waals surface area contributed by atoms with Gasteiger partial charge in [-0.2, -0.15) is 0 Å². The molecular weight excluding hydrogens is 394 g/mol. The number of hydrogen-bond donors (Lipinski definition) is 0. The summed E-state index contributed by atoms with van der Waals surface area (Å²) in [6.45, 7) is 4.92. The summed E-state index contributed by atoms with van der Waals surface area (Å²) in [6.07, 6.45) is 3.67. The van der Waals surface area contributed by atoms with E-state index in [0.717, 1.165) is 25.7 Å². The second-order valence-electron chi connectivity index (χ2n) is 4.56. The SMILES string of the molecule is CCCCOC(=O)c1ccc(C(=O)OCCCC)cc1.[Ba+2].[H-].[H-]. The normalized spacial score (nSPS) is 9.62. The maximum atomic E-state index is 11.7. The maximum Gasteiger partial charge on any atom is 2.00 e. The van der Waals surface area contributed by atoms with Gasteiger partial charge in [-0.3, -0.25) is 0 Å². The number of rotatable bonds is 8. The number of carbonyl (C=O) groups is 2. The summed E-state index contributed by atoms with van der Waals surface area (Å²) in [5.74, 6) is -0.714. The van der Waals surface area contributed by atoms with Gasteiger partial charge in [0.05, 0.1) is 24.3 Å². The largest absolute Gasteiger partial charge is 2.00 e. The fraction of sp³-hybridized carbons (Fsp3) is 0.500. The number of esters is 2. The van der Waals surface area contributed by atoms with Crippen LogP contribution in [0.4, 0.5) is 0 Å². The molecule has 5 heteroatoms. The average Bonchev–Trinajstić information content (AvgIpc) is 2.47. The molecular formula is C16H24BaO4. The first-order valence-electron chi connectivity index (χ1n) is 7.13. The molecule has 0 heterocycles. The molecule has 0 fully saturated rings. The Hall–Kier alpha value is -0.269. The van der Waals surface area contributed by atoms with Crippen molar-refractivity contribution in [1.29, 1.82) is 0 Å². The second-order valence-corrected chi connectivity index (χ2v) is 4.56. The molecule has 1 aromatic rings. The minimum atomic E-state index is -0.357. The van der Waals surface area contributed by atoms with Gasteiger partial charge in [-0.1, -0.05) is 26.7 Å². The van der Waals surface area contributed by atoms with Crippen LogP contribution < -0.4 is 0 Å². The van der Waals surface area contributed by atoms with Gasteiger partial charge in [0.1, 0.15) is 0 Å². The van der Waals surface area contributed by atoms with E-state index in [0.29, 0.717) is 24.3 Å². The Bertz CT molecular complexity index is 397. The monoisotopic (exact) mass is 418 g/mol. The summed E-state index contributed by atoms with van der Waals surface area (Å²) >= 11 is 0. The molecule has 0 aliphatic rings. The van der Waals surface area contributed by atoms with Crippen LogP contribution in [0.2, 0.25) is 0 Å². The van der Waals surface area contributed by atoms with E-state index in [9.17, 15) is 9.59 Å². The molecule has 1 aromatic carbocycles. The van der Waals surface area contributed by atoms with Crippen molar-refractivity contribution < 1.29 is 21.9 Å². The summed E-state index contributed by atoms with van der Waals surface area (Å²) < 4.78 is 10.2. The van der Waals surface area contributed by atoms with Crippen LogP contribution in [0.1, 0.15) is 63.1 Å². The fourth-order valence-electron chi connectivity index (χ4n) is 1.53. The van der Waals surface area contributed by atoms with Gasteiger partial charge in [0, 0.05) is 0 Å². The van der Waals surface area contributed by atoms with E-state index in [4.69, 9.17) is 9.47 Å². The van der Waals surface area contributed by atoms with Crippen LogP contribution in [0, 0.1) is 0 Å². The molecule has 0 saturated carbocycles. The molecule has 0 unspecified atom stereocenters. The van der Waals surface area contributed by atoms with Gasteiger partial charge in [0.15, 0.2) is 0 Å². The van der Waals surface area contributed by atoms with Crippen LogP contribution in [0.25, 0.3) is 0 Å². The van der Waals surface area contributed by atoms with Crippen LogP contribution in [0.5, 0.6) is 0 Å². The molecule has 0 aromatic heterocycles. The third kappa shape index (κ3) is 8.07. The molecule has 0 bridgehead atoms. The molecule has 0 aliphatic carbocycles. The number of ether oxygens (including phenoxy) is 2. The first kappa shape index (κ1) is 20.7. The van der Waals surface area contributed by atoms with Crippen LogP contribution in [0.3, 0.4) is 0 Å². The van der Waals surface area contributed by atoms with Gasteiger partial charge in [-0.15, -0.1) is 0 Å². The van der Waals surface area contributed by atoms with Gasteiger partial charge < -0.3 is 12.3 Å². The topological polar surface area (TPSA) is 52.6 Å². The Kier molecular flexibility index (Phi) is 12.1. The predicted octanol–water partition coefficient (Wildman–Crippen LogP) is 3.44. The molecule has 1 rings (SSSR count). The van der Waals surface area contributed by atoms with Gasteiger partial charge in [-0.25, -0.2) is 9.59 Å². The minimum Gasteiger partial charge on any atom is -1.00 e. The maximum absolute atomic E-state index is 11.7. The zero-order chi connectivity index (χ0) is 14.8. The predicted molar refractivity (Wildman–Crippen MR) is 84.8 cm³/mol. The van der Waals surface area contributed by atoms with E-state index >= 15 is 0 Å². The van der Waals surface area contributed by atoms with Crippen molar-refractivity contribution in [3.63, 3.8) is 0 Å². The van der Waals surface area contributed by atoms with Crippen LogP contribution >= 0.6 is 0 Å². The number of benzene rings is 1. The fourth-order valence-corrected chi connectivity index (χ4v) is 1.53. The average molecular weight is 418 g/mol. The molecule has 0 radical (unpaired) electrons. The van der Waals surface area contributed by atoms with Crippen molar-refractivity contribution in [3.8, 4) is 0 Å². The summed E-state index contributed by atoms with van der Waals surface area (Å²) in [4.78, 5) is 23.3. The number of hydrogen-bond acceptors (Lipinski definition) is 4. The molecule has 114 valence electrons. The molecule has 21 heavy (non-hydrogen) atoms. The quantitative estimate of drug-likeness (QED) is 0.369. The van der Waals surface area contributed by atoms with Crippen molar-refractivity contribution in [2.24, 2.45) is 0 Å². The number of unbranched alkanes of at least 4 members (excludes halogenated alkanes) is 2. The Labute approximate surface area is 169 Å². The Balaban J connectivity index is -0.00000133. The molecule has 0 atom stereocenters. The third-order valence-electron chi connectivity index (χ3n) is 2.82. The van der Waals surface area contributed by atoms with Crippen molar-refractivity contribution in [1.82, 2.24) is 0 Å². The Morgan fingerprint density at radius 1 is 0.857 bits per heavy atom. The zero-order valence-corrected chi connectivity index (χ0v) is 17.3. The summed E-state index contributed by atoms with van der Waals surface area (Å²) in [5.41, 5.74) is 0.900. The van der Waals surface area contributed by atoms with Gasteiger partial charge in [-0.05, 0) is 37.1 Å². The van der Waals surface area contributed by atoms with E-state index in [1.165, 1.54) is 0 Å². The third-order valence-corrected chi connectivity index (χ3v) is 2.82. The van der Waals surface area contributed by atoms with Crippen molar-refractivity contribution in [2.45, 2.75) is 39.5 Å². The first-order valence-corrected chi connectivity index (χ1v) is 7.13. The van der Waals surface area contributed by atoms with Crippen molar-refractivity contribution in [3.05, 3.63) is 35.4 Å². The summed E-state index contributed by atoms with van der Waals surface area (Å²) in [6, 6.07) is 6.35. The van der Waals surface area contributed by atoms with E-state index in [1.807, 2.05) is 13.8 Å². The first-order chi connectivity index (χ1) is 9.69. The van der Waals surface area contributed by atoms with Crippen LogP contribution in [0.15, 0.2) is 24.3 Å². The zero-order valence-electron chi connectivity index (χ0n) is 14.9.